The maximum Gasteiger partial charge on any atom is 0.414 e. The van der Waals surface area contributed by atoms with E-state index in [1.54, 1.807) is 22.0 Å². The number of hydrogen-bond acceptors (Lipinski definition) is 5. The van der Waals surface area contributed by atoms with Gasteiger partial charge in [0, 0.05) is 23.3 Å². The molecule has 1 aromatic carbocycles. The van der Waals surface area contributed by atoms with Crippen LogP contribution in [0.2, 0.25) is 0 Å². The monoisotopic (exact) mass is 326 g/mol. The zero-order valence-electron chi connectivity index (χ0n) is 13.5. The first-order valence-electron chi connectivity index (χ1n) is 7.91. The Kier molecular flexibility index (Phi) is 3.44. The molecule has 3 aromatic rings. The minimum Gasteiger partial charge on any atom is -0.442 e. The molecule has 1 saturated heterocycles. The lowest BCUT2D eigenvalue weighted by Gasteiger charge is -2.14. The number of amides is 1. The third-order valence-corrected chi connectivity index (χ3v) is 4.12. The molecule has 8 nitrogen and oxygen atoms in total. The molecular formula is C16H18N6O2. The van der Waals surface area contributed by atoms with E-state index in [-0.39, 0.29) is 18.2 Å². The maximum atomic E-state index is 12.2. The Labute approximate surface area is 138 Å². The lowest BCUT2D eigenvalue weighted by Crippen LogP contribution is -2.26. The summed E-state index contributed by atoms with van der Waals surface area (Å²) in [4.78, 5) is 13.8. The molecule has 3 heterocycles. The molecule has 8 heteroatoms. The molecule has 2 aromatic heterocycles. The Morgan fingerprint density at radius 2 is 2.25 bits per heavy atom. The summed E-state index contributed by atoms with van der Waals surface area (Å²) in [5.41, 5.74) is 1.87. The first-order chi connectivity index (χ1) is 11.6. The van der Waals surface area contributed by atoms with Gasteiger partial charge in [-0.3, -0.25) is 9.58 Å². The number of ether oxygens (including phenoxy) is 1. The predicted molar refractivity (Wildman–Crippen MR) is 87.8 cm³/mol. The van der Waals surface area contributed by atoms with E-state index in [0.29, 0.717) is 13.1 Å². The lowest BCUT2D eigenvalue weighted by atomic mass is 10.2. The molecule has 0 aliphatic carbocycles. The fraction of sp³-hybridized carbons (Fsp3) is 0.375. The van der Waals surface area contributed by atoms with Crippen molar-refractivity contribution in [3.63, 3.8) is 0 Å². The van der Waals surface area contributed by atoms with Crippen molar-refractivity contribution in [3.05, 3.63) is 36.8 Å². The number of anilines is 1. The third kappa shape index (κ3) is 2.49. The summed E-state index contributed by atoms with van der Waals surface area (Å²) < 4.78 is 9.07. The van der Waals surface area contributed by atoms with Crippen molar-refractivity contribution in [1.82, 2.24) is 24.8 Å². The van der Waals surface area contributed by atoms with E-state index in [4.69, 9.17) is 4.74 Å². The van der Waals surface area contributed by atoms with Crippen LogP contribution in [0.5, 0.6) is 0 Å². The number of hydrogen-bond donors (Lipinski definition) is 0. The van der Waals surface area contributed by atoms with Gasteiger partial charge in [-0.1, -0.05) is 5.21 Å². The molecule has 0 spiro atoms. The van der Waals surface area contributed by atoms with Crippen LogP contribution in [-0.4, -0.2) is 43.5 Å². The quantitative estimate of drug-likeness (QED) is 0.735. The van der Waals surface area contributed by atoms with Crippen molar-refractivity contribution in [2.45, 2.75) is 32.5 Å². The molecule has 1 atom stereocenters. The Morgan fingerprint density at radius 3 is 3.00 bits per heavy atom. The summed E-state index contributed by atoms with van der Waals surface area (Å²) in [5, 5.41) is 13.1. The van der Waals surface area contributed by atoms with Crippen LogP contribution in [0, 0.1) is 0 Å². The van der Waals surface area contributed by atoms with Crippen molar-refractivity contribution >= 4 is 22.7 Å². The Hall–Kier alpha value is -2.90. The summed E-state index contributed by atoms with van der Waals surface area (Å²) in [6, 6.07) is 6.19. The average Bonchev–Trinajstić information content (AvgIpc) is 3.26. The van der Waals surface area contributed by atoms with E-state index in [9.17, 15) is 4.79 Å². The van der Waals surface area contributed by atoms with Crippen LogP contribution in [0.3, 0.4) is 0 Å². The topological polar surface area (TPSA) is 78.1 Å². The second kappa shape index (κ2) is 5.63. The van der Waals surface area contributed by atoms with Crippen molar-refractivity contribution in [1.29, 1.82) is 0 Å². The highest BCUT2D eigenvalue weighted by Crippen LogP contribution is 2.27. The minimum atomic E-state index is -0.337. The summed E-state index contributed by atoms with van der Waals surface area (Å²) in [6.45, 7) is 5.16. The highest BCUT2D eigenvalue weighted by atomic mass is 16.6. The number of fused-ring (bicyclic) bond motifs is 1. The van der Waals surface area contributed by atoms with Gasteiger partial charge in [0.1, 0.15) is 6.10 Å². The molecule has 1 aliphatic rings. The van der Waals surface area contributed by atoms with Crippen molar-refractivity contribution in [2.24, 2.45) is 0 Å². The minimum absolute atomic E-state index is 0.242. The Balaban J connectivity index is 1.57. The van der Waals surface area contributed by atoms with E-state index >= 15 is 0 Å². The molecule has 124 valence electrons. The number of nitrogens with zero attached hydrogens (tertiary/aromatic N) is 6. The molecule has 0 N–H and O–H groups in total. The number of carbonyl (C=O) groups excluding carboxylic acids is 1. The largest absolute Gasteiger partial charge is 0.442 e. The van der Waals surface area contributed by atoms with Crippen molar-refractivity contribution in [2.75, 3.05) is 11.4 Å². The average molecular weight is 326 g/mol. The Bertz CT molecular complexity index is 870. The molecule has 1 amide bonds. The van der Waals surface area contributed by atoms with Crippen LogP contribution in [0.1, 0.15) is 19.9 Å². The van der Waals surface area contributed by atoms with Crippen LogP contribution < -0.4 is 4.90 Å². The number of carbonyl (C=O) groups is 1. The van der Waals surface area contributed by atoms with Crippen molar-refractivity contribution in [3.8, 4) is 0 Å². The van der Waals surface area contributed by atoms with Gasteiger partial charge < -0.3 is 4.74 Å². The highest BCUT2D eigenvalue weighted by molar-refractivity contribution is 5.93. The molecule has 0 saturated carbocycles. The molecule has 1 fully saturated rings. The number of cyclic esters (lactones) is 1. The standard InChI is InChI=1S/C16H18N6O2/c1-11(2)22-15-4-3-13(7-12(15)8-18-22)21-10-14(24-16(21)23)9-20-6-5-17-19-20/h3-8,11,14H,9-10H2,1-2H3/t14-/m0/s1. The van der Waals surface area contributed by atoms with Gasteiger partial charge in [-0.05, 0) is 32.0 Å². The number of rotatable bonds is 4. The van der Waals surface area contributed by atoms with Gasteiger partial charge in [0.2, 0.25) is 0 Å². The SMILES string of the molecule is CC(C)n1ncc2cc(N3C[C@H](Cn4ccnn4)OC3=O)ccc21. The summed E-state index contributed by atoms with van der Waals surface area (Å²) in [5.74, 6) is 0. The molecule has 0 unspecified atom stereocenters. The van der Waals surface area contributed by atoms with Crippen LogP contribution in [0.15, 0.2) is 36.8 Å². The van der Waals surface area contributed by atoms with Crippen LogP contribution >= 0.6 is 0 Å². The smallest absolute Gasteiger partial charge is 0.414 e. The van der Waals surface area contributed by atoms with E-state index in [0.717, 1.165) is 16.6 Å². The van der Waals surface area contributed by atoms with Gasteiger partial charge in [0.05, 0.1) is 31.0 Å². The van der Waals surface area contributed by atoms with Crippen molar-refractivity contribution < 1.29 is 9.53 Å². The molecular weight excluding hydrogens is 308 g/mol. The Morgan fingerprint density at radius 1 is 1.38 bits per heavy atom. The molecule has 0 radical (unpaired) electrons. The predicted octanol–water partition coefficient (Wildman–Crippen LogP) is 2.23. The summed E-state index contributed by atoms with van der Waals surface area (Å²) >= 11 is 0. The number of aromatic nitrogens is 5. The van der Waals surface area contributed by atoms with Gasteiger partial charge in [0.15, 0.2) is 0 Å². The third-order valence-electron chi connectivity index (χ3n) is 4.12. The zero-order valence-corrected chi connectivity index (χ0v) is 13.5. The van der Waals surface area contributed by atoms with E-state index in [2.05, 4.69) is 29.3 Å². The molecule has 1 aliphatic heterocycles. The second-order valence-electron chi connectivity index (χ2n) is 6.17. The summed E-state index contributed by atoms with van der Waals surface area (Å²) in [6.07, 6.45) is 4.61. The summed E-state index contributed by atoms with van der Waals surface area (Å²) in [7, 11) is 0. The van der Waals surface area contributed by atoms with E-state index in [1.807, 2.05) is 29.1 Å². The van der Waals surface area contributed by atoms with Crippen LogP contribution in [-0.2, 0) is 11.3 Å². The fourth-order valence-electron chi connectivity index (χ4n) is 2.99. The van der Waals surface area contributed by atoms with E-state index < -0.39 is 0 Å². The normalized spacial score (nSPS) is 17.9. The fourth-order valence-corrected chi connectivity index (χ4v) is 2.99. The van der Waals surface area contributed by atoms with Gasteiger partial charge >= 0.3 is 6.09 Å². The van der Waals surface area contributed by atoms with Gasteiger partial charge in [0.25, 0.3) is 0 Å². The second-order valence-corrected chi connectivity index (χ2v) is 6.17. The number of benzene rings is 1. The molecule has 4 rings (SSSR count). The molecule has 24 heavy (non-hydrogen) atoms. The first kappa shape index (κ1) is 14.7. The van der Waals surface area contributed by atoms with Crippen LogP contribution in [0.25, 0.3) is 10.9 Å². The van der Waals surface area contributed by atoms with Gasteiger partial charge in [-0.15, -0.1) is 5.10 Å². The van der Waals surface area contributed by atoms with Crippen LogP contribution in [0.4, 0.5) is 10.5 Å². The lowest BCUT2D eigenvalue weighted by molar-refractivity contribution is 0.129. The van der Waals surface area contributed by atoms with E-state index in [1.165, 1.54) is 0 Å². The zero-order chi connectivity index (χ0) is 16.7. The molecule has 0 bridgehead atoms. The first-order valence-corrected chi connectivity index (χ1v) is 7.91. The van der Waals surface area contributed by atoms with Gasteiger partial charge in [-0.25, -0.2) is 9.48 Å². The van der Waals surface area contributed by atoms with Gasteiger partial charge in [-0.2, -0.15) is 5.10 Å². The maximum absolute atomic E-state index is 12.2. The highest BCUT2D eigenvalue weighted by Gasteiger charge is 2.33.